The summed E-state index contributed by atoms with van der Waals surface area (Å²) in [6, 6.07) is 10.2. The van der Waals surface area contributed by atoms with E-state index in [0.29, 0.717) is 6.61 Å². The van der Waals surface area contributed by atoms with Gasteiger partial charge in [-0.2, -0.15) is 0 Å². The molecule has 0 aliphatic heterocycles. The minimum Gasteiger partial charge on any atom is -0.381 e. The molecule has 0 saturated carbocycles. The predicted octanol–water partition coefficient (Wildman–Crippen LogP) is 2.83. The molecule has 0 aliphatic rings. The maximum absolute atomic E-state index is 5.50. The molecular weight excluding hydrogens is 188 g/mol. The molecule has 1 rings (SSSR count). The van der Waals surface area contributed by atoms with Crippen LogP contribution in [0.1, 0.15) is 18.4 Å². The molecule has 0 saturated heterocycles. The predicted molar refractivity (Wildman–Crippen MR) is 61.5 cm³/mol. The highest BCUT2D eigenvalue weighted by atomic mass is 16.5. The Kier molecular flexibility index (Phi) is 6.88. The molecule has 0 unspecified atom stereocenters. The van der Waals surface area contributed by atoms with Gasteiger partial charge >= 0.3 is 0 Å². The van der Waals surface area contributed by atoms with Crippen molar-refractivity contribution in [1.29, 1.82) is 0 Å². The topological polar surface area (TPSA) is 18.5 Å². The van der Waals surface area contributed by atoms with Crippen LogP contribution in [0.25, 0.3) is 0 Å². The lowest BCUT2D eigenvalue weighted by molar-refractivity contribution is 0.0772. The van der Waals surface area contributed by atoms with Crippen LogP contribution in [-0.4, -0.2) is 19.8 Å². The summed E-state index contributed by atoms with van der Waals surface area (Å²) in [6.45, 7) is 6.67. The molecular formula is C13H19O2. The van der Waals surface area contributed by atoms with Crippen LogP contribution in [0, 0.1) is 6.92 Å². The van der Waals surface area contributed by atoms with Gasteiger partial charge in [0.15, 0.2) is 0 Å². The average Bonchev–Trinajstić information content (AvgIpc) is 2.29. The van der Waals surface area contributed by atoms with Crippen molar-refractivity contribution in [3.63, 3.8) is 0 Å². The van der Waals surface area contributed by atoms with Crippen LogP contribution in [0.15, 0.2) is 30.3 Å². The van der Waals surface area contributed by atoms with Gasteiger partial charge < -0.3 is 9.47 Å². The van der Waals surface area contributed by atoms with Crippen LogP contribution < -0.4 is 0 Å². The third-order valence-electron chi connectivity index (χ3n) is 1.98. The molecule has 0 heterocycles. The van der Waals surface area contributed by atoms with Gasteiger partial charge in [-0.1, -0.05) is 37.3 Å². The summed E-state index contributed by atoms with van der Waals surface area (Å²) in [5.41, 5.74) is 1.22. The van der Waals surface area contributed by atoms with E-state index in [-0.39, 0.29) is 0 Å². The van der Waals surface area contributed by atoms with Crippen molar-refractivity contribution in [1.82, 2.24) is 0 Å². The fraction of sp³-hybridized carbons (Fsp3) is 0.462. The van der Waals surface area contributed by atoms with Crippen LogP contribution in [0.2, 0.25) is 0 Å². The quantitative estimate of drug-likeness (QED) is 0.610. The van der Waals surface area contributed by atoms with E-state index in [0.717, 1.165) is 32.7 Å². The molecule has 0 atom stereocenters. The summed E-state index contributed by atoms with van der Waals surface area (Å²) in [5.74, 6) is 0. The van der Waals surface area contributed by atoms with E-state index < -0.39 is 0 Å². The van der Waals surface area contributed by atoms with Gasteiger partial charge in [-0.25, -0.2) is 0 Å². The van der Waals surface area contributed by atoms with Crippen LogP contribution >= 0.6 is 0 Å². The van der Waals surface area contributed by atoms with Gasteiger partial charge in [0.25, 0.3) is 0 Å². The lowest BCUT2D eigenvalue weighted by Crippen LogP contribution is -2.01. The Balaban J connectivity index is 1.93. The molecule has 0 bridgehead atoms. The van der Waals surface area contributed by atoms with Crippen molar-refractivity contribution >= 4 is 0 Å². The van der Waals surface area contributed by atoms with Gasteiger partial charge in [-0.15, -0.1) is 0 Å². The first-order valence-corrected chi connectivity index (χ1v) is 5.42. The number of rotatable bonds is 8. The van der Waals surface area contributed by atoms with E-state index in [1.165, 1.54) is 5.56 Å². The second-order valence-electron chi connectivity index (χ2n) is 3.36. The lowest BCUT2D eigenvalue weighted by Gasteiger charge is -2.04. The summed E-state index contributed by atoms with van der Waals surface area (Å²) in [6.07, 6.45) is 1.79. The standard InChI is InChI=1S/C13H19O2/c1-2-9-14-10-6-11-15-12-13-7-4-3-5-8-13/h3-5,7-8H,1-2,6,9-12H2. The highest BCUT2D eigenvalue weighted by Gasteiger charge is 1.92. The van der Waals surface area contributed by atoms with Crippen molar-refractivity contribution in [3.8, 4) is 0 Å². The second-order valence-corrected chi connectivity index (χ2v) is 3.36. The number of benzene rings is 1. The summed E-state index contributed by atoms with van der Waals surface area (Å²) in [5, 5.41) is 0. The van der Waals surface area contributed by atoms with E-state index in [1.54, 1.807) is 0 Å². The highest BCUT2D eigenvalue weighted by Crippen LogP contribution is 2.00. The largest absolute Gasteiger partial charge is 0.381 e. The third-order valence-corrected chi connectivity index (χ3v) is 1.98. The molecule has 0 N–H and O–H groups in total. The van der Waals surface area contributed by atoms with Gasteiger partial charge in [-0.05, 0) is 18.4 Å². The van der Waals surface area contributed by atoms with Crippen molar-refractivity contribution < 1.29 is 9.47 Å². The first-order valence-electron chi connectivity index (χ1n) is 5.42. The molecule has 1 radical (unpaired) electrons. The van der Waals surface area contributed by atoms with E-state index in [1.807, 2.05) is 18.2 Å². The summed E-state index contributed by atoms with van der Waals surface area (Å²) in [7, 11) is 0. The monoisotopic (exact) mass is 207 g/mol. The first kappa shape index (κ1) is 12.2. The molecule has 0 aliphatic carbocycles. The first-order chi connectivity index (χ1) is 7.43. The number of hydrogen-bond acceptors (Lipinski definition) is 2. The van der Waals surface area contributed by atoms with Gasteiger partial charge in [0.05, 0.1) is 6.61 Å². The molecule has 1 aromatic rings. The molecule has 0 aromatic heterocycles. The van der Waals surface area contributed by atoms with Gasteiger partial charge in [0, 0.05) is 19.8 Å². The zero-order valence-corrected chi connectivity index (χ0v) is 9.15. The molecule has 15 heavy (non-hydrogen) atoms. The smallest absolute Gasteiger partial charge is 0.0716 e. The lowest BCUT2D eigenvalue weighted by atomic mass is 10.2. The average molecular weight is 207 g/mol. The van der Waals surface area contributed by atoms with Crippen LogP contribution in [0.4, 0.5) is 0 Å². The maximum atomic E-state index is 5.50. The minimum absolute atomic E-state index is 0.691. The summed E-state index contributed by atoms with van der Waals surface area (Å²) in [4.78, 5) is 0. The minimum atomic E-state index is 0.691. The van der Waals surface area contributed by atoms with Crippen LogP contribution in [0.3, 0.4) is 0 Å². The Morgan fingerprint density at radius 2 is 1.67 bits per heavy atom. The molecule has 1 aromatic carbocycles. The van der Waals surface area contributed by atoms with Crippen molar-refractivity contribution in [2.45, 2.75) is 19.4 Å². The zero-order chi connectivity index (χ0) is 10.8. The van der Waals surface area contributed by atoms with Crippen LogP contribution in [-0.2, 0) is 16.1 Å². The molecule has 0 fully saturated rings. The Morgan fingerprint density at radius 1 is 0.933 bits per heavy atom. The second kappa shape index (κ2) is 8.45. The van der Waals surface area contributed by atoms with Crippen molar-refractivity contribution in [2.75, 3.05) is 19.8 Å². The highest BCUT2D eigenvalue weighted by molar-refractivity contribution is 5.13. The molecule has 0 amide bonds. The van der Waals surface area contributed by atoms with E-state index >= 15 is 0 Å². The van der Waals surface area contributed by atoms with Gasteiger partial charge in [0.1, 0.15) is 0 Å². The van der Waals surface area contributed by atoms with Crippen molar-refractivity contribution in [3.05, 3.63) is 42.8 Å². The Labute approximate surface area is 92.2 Å². The zero-order valence-electron chi connectivity index (χ0n) is 9.15. The summed E-state index contributed by atoms with van der Waals surface area (Å²) < 4.78 is 10.8. The van der Waals surface area contributed by atoms with E-state index in [2.05, 4.69) is 19.1 Å². The van der Waals surface area contributed by atoms with Gasteiger partial charge in [0.2, 0.25) is 0 Å². The van der Waals surface area contributed by atoms with E-state index in [9.17, 15) is 0 Å². The Bertz CT molecular complexity index is 234. The van der Waals surface area contributed by atoms with Gasteiger partial charge in [-0.3, -0.25) is 0 Å². The SMILES string of the molecule is [CH2]CCOCCCOCc1ccccc1. The Hall–Kier alpha value is -0.860. The fourth-order valence-corrected chi connectivity index (χ4v) is 1.23. The number of hydrogen-bond donors (Lipinski definition) is 0. The molecule has 2 heteroatoms. The fourth-order valence-electron chi connectivity index (χ4n) is 1.23. The third kappa shape index (κ3) is 6.26. The molecule has 83 valence electrons. The normalized spacial score (nSPS) is 10.5. The Morgan fingerprint density at radius 3 is 2.40 bits per heavy atom. The van der Waals surface area contributed by atoms with Crippen LogP contribution in [0.5, 0.6) is 0 Å². The molecule has 2 nitrogen and oxygen atoms in total. The van der Waals surface area contributed by atoms with E-state index in [4.69, 9.17) is 9.47 Å². The van der Waals surface area contributed by atoms with Crippen molar-refractivity contribution in [2.24, 2.45) is 0 Å². The maximum Gasteiger partial charge on any atom is 0.0716 e. The summed E-state index contributed by atoms with van der Waals surface area (Å²) >= 11 is 0. The molecule has 0 spiro atoms. The number of ether oxygens (including phenoxy) is 2.